The summed E-state index contributed by atoms with van der Waals surface area (Å²) in [6.45, 7) is 9.39. The van der Waals surface area contributed by atoms with E-state index in [0.29, 0.717) is 18.7 Å². The molecule has 0 aliphatic heterocycles. The monoisotopic (exact) mass is 471 g/mol. The van der Waals surface area contributed by atoms with Gasteiger partial charge in [0.15, 0.2) is 0 Å². The van der Waals surface area contributed by atoms with Crippen LogP contribution in [0, 0.1) is 11.8 Å². The van der Waals surface area contributed by atoms with E-state index < -0.39 is 11.6 Å². The van der Waals surface area contributed by atoms with Crippen LogP contribution in [0.25, 0.3) is 0 Å². The van der Waals surface area contributed by atoms with Crippen molar-refractivity contribution in [2.75, 3.05) is 25.5 Å². The second-order valence-corrected chi connectivity index (χ2v) is 8.83. The third kappa shape index (κ3) is 14.5. The van der Waals surface area contributed by atoms with E-state index in [0.717, 1.165) is 10.2 Å². The standard InChI is InChI=1S/C14H26N2O4.C7H8BrN/c1-10(2)6-11(7-15-9-17)13(19)16-8-12(18)20-14(3,4)5;1-9-7-4-2-6(8)3-5-7/h9-11H,6-8H2,1-5H3,(H,15,17)(H,16,19);2-5,9H,1H3. The molecule has 1 rings (SSSR count). The number of carbonyl (C=O) groups excluding carboxylic acids is 3. The lowest BCUT2D eigenvalue weighted by Crippen LogP contribution is -2.41. The molecule has 7 nitrogen and oxygen atoms in total. The van der Waals surface area contributed by atoms with Crippen molar-refractivity contribution in [3.63, 3.8) is 0 Å². The molecule has 1 aromatic carbocycles. The molecule has 0 saturated carbocycles. The van der Waals surface area contributed by atoms with Crippen LogP contribution in [0.1, 0.15) is 41.0 Å². The maximum absolute atomic E-state index is 12.0. The summed E-state index contributed by atoms with van der Waals surface area (Å²) in [5, 5.41) is 8.09. The van der Waals surface area contributed by atoms with Gasteiger partial charge in [0.05, 0.1) is 5.92 Å². The molecule has 0 heterocycles. The summed E-state index contributed by atoms with van der Waals surface area (Å²) < 4.78 is 6.22. The van der Waals surface area contributed by atoms with E-state index in [1.54, 1.807) is 20.8 Å². The van der Waals surface area contributed by atoms with E-state index in [-0.39, 0.29) is 24.9 Å². The van der Waals surface area contributed by atoms with Crippen LogP contribution in [0.2, 0.25) is 0 Å². The Balaban J connectivity index is 0.000000717. The van der Waals surface area contributed by atoms with E-state index in [2.05, 4.69) is 31.9 Å². The van der Waals surface area contributed by atoms with Crippen molar-refractivity contribution in [2.45, 2.75) is 46.6 Å². The molecule has 0 fully saturated rings. The molecule has 0 aromatic heterocycles. The molecule has 0 radical (unpaired) electrons. The third-order valence-corrected chi connectivity index (χ3v) is 4.06. The van der Waals surface area contributed by atoms with Crippen molar-refractivity contribution in [3.8, 4) is 0 Å². The molecule has 164 valence electrons. The van der Waals surface area contributed by atoms with Gasteiger partial charge < -0.3 is 20.7 Å². The quantitative estimate of drug-likeness (QED) is 0.379. The molecule has 0 saturated heterocycles. The number of anilines is 1. The van der Waals surface area contributed by atoms with Crippen LogP contribution in [0.15, 0.2) is 28.7 Å². The minimum Gasteiger partial charge on any atom is -0.459 e. The first kappa shape index (κ1) is 26.9. The van der Waals surface area contributed by atoms with Gasteiger partial charge in [-0.05, 0) is 57.4 Å². The number of hydrogen-bond acceptors (Lipinski definition) is 5. The summed E-state index contributed by atoms with van der Waals surface area (Å²) in [4.78, 5) is 33.8. The van der Waals surface area contributed by atoms with Crippen molar-refractivity contribution in [3.05, 3.63) is 28.7 Å². The molecule has 1 aromatic rings. The average Bonchev–Trinajstić information content (AvgIpc) is 2.62. The number of amides is 2. The summed E-state index contributed by atoms with van der Waals surface area (Å²) >= 11 is 3.35. The maximum atomic E-state index is 12.0. The zero-order valence-electron chi connectivity index (χ0n) is 18.2. The van der Waals surface area contributed by atoms with Crippen LogP contribution < -0.4 is 16.0 Å². The van der Waals surface area contributed by atoms with Gasteiger partial charge in [-0.15, -0.1) is 0 Å². The van der Waals surface area contributed by atoms with Gasteiger partial charge in [-0.2, -0.15) is 0 Å². The molecule has 0 bridgehead atoms. The lowest BCUT2D eigenvalue weighted by atomic mass is 9.96. The highest BCUT2D eigenvalue weighted by atomic mass is 79.9. The summed E-state index contributed by atoms with van der Waals surface area (Å²) in [6, 6.07) is 8.05. The minimum absolute atomic E-state index is 0.161. The van der Waals surface area contributed by atoms with Crippen molar-refractivity contribution in [1.29, 1.82) is 0 Å². The van der Waals surface area contributed by atoms with Crippen molar-refractivity contribution >= 4 is 39.9 Å². The first-order valence-electron chi connectivity index (χ1n) is 9.58. The van der Waals surface area contributed by atoms with E-state index in [4.69, 9.17) is 4.74 Å². The second kappa shape index (κ2) is 14.0. The van der Waals surface area contributed by atoms with E-state index in [1.165, 1.54) is 0 Å². The molecule has 0 aliphatic rings. The molecule has 8 heteroatoms. The largest absolute Gasteiger partial charge is 0.459 e. The highest BCUT2D eigenvalue weighted by Gasteiger charge is 2.21. The van der Waals surface area contributed by atoms with Gasteiger partial charge in [0.2, 0.25) is 12.3 Å². The Labute approximate surface area is 182 Å². The zero-order chi connectivity index (χ0) is 22.4. The zero-order valence-corrected chi connectivity index (χ0v) is 19.8. The van der Waals surface area contributed by atoms with Crippen LogP contribution in [0.3, 0.4) is 0 Å². The summed E-state index contributed by atoms with van der Waals surface area (Å²) in [5.41, 5.74) is 0.566. The molecule has 1 atom stereocenters. The Morgan fingerprint density at radius 3 is 2.21 bits per heavy atom. The fourth-order valence-corrected chi connectivity index (χ4v) is 2.60. The van der Waals surface area contributed by atoms with Crippen LogP contribution in [0.5, 0.6) is 0 Å². The molecular weight excluding hydrogens is 438 g/mol. The van der Waals surface area contributed by atoms with Crippen LogP contribution in [-0.2, 0) is 19.1 Å². The molecular formula is C21H34BrN3O4. The Bertz CT molecular complexity index is 628. The number of ether oxygens (including phenoxy) is 1. The first-order chi connectivity index (χ1) is 13.5. The minimum atomic E-state index is -0.571. The fourth-order valence-electron chi connectivity index (χ4n) is 2.34. The highest BCUT2D eigenvalue weighted by Crippen LogP contribution is 2.13. The molecule has 2 amide bonds. The Hall–Kier alpha value is -2.09. The number of halogens is 1. The molecule has 1 unspecified atom stereocenters. The van der Waals surface area contributed by atoms with Crippen molar-refractivity contribution < 1.29 is 19.1 Å². The van der Waals surface area contributed by atoms with Gasteiger partial charge in [-0.1, -0.05) is 29.8 Å². The third-order valence-electron chi connectivity index (χ3n) is 3.53. The lowest BCUT2D eigenvalue weighted by Gasteiger charge is -2.21. The molecule has 3 N–H and O–H groups in total. The fraction of sp³-hybridized carbons (Fsp3) is 0.571. The Kier molecular flexibility index (Phi) is 13.0. The van der Waals surface area contributed by atoms with Crippen molar-refractivity contribution in [2.24, 2.45) is 11.8 Å². The number of rotatable bonds is 9. The summed E-state index contributed by atoms with van der Waals surface area (Å²) in [5.74, 6) is -0.750. The van der Waals surface area contributed by atoms with E-state index >= 15 is 0 Å². The Morgan fingerprint density at radius 2 is 1.76 bits per heavy atom. The van der Waals surface area contributed by atoms with Gasteiger partial charge in [0.25, 0.3) is 0 Å². The highest BCUT2D eigenvalue weighted by molar-refractivity contribution is 9.10. The SMILES string of the molecule is CC(C)CC(CNC=O)C(=O)NCC(=O)OC(C)(C)C.CNc1ccc(Br)cc1. The maximum Gasteiger partial charge on any atom is 0.325 e. The number of benzene rings is 1. The van der Waals surface area contributed by atoms with E-state index in [9.17, 15) is 14.4 Å². The van der Waals surface area contributed by atoms with Crippen molar-refractivity contribution in [1.82, 2.24) is 10.6 Å². The molecule has 0 spiro atoms. The smallest absolute Gasteiger partial charge is 0.325 e. The van der Waals surface area contributed by atoms with Crippen LogP contribution >= 0.6 is 15.9 Å². The second-order valence-electron chi connectivity index (χ2n) is 7.91. The number of hydrogen-bond donors (Lipinski definition) is 3. The number of esters is 1. The summed E-state index contributed by atoms with van der Waals surface area (Å²) in [7, 11) is 1.91. The van der Waals surface area contributed by atoms with Gasteiger partial charge in [-0.25, -0.2) is 0 Å². The van der Waals surface area contributed by atoms with Crippen LogP contribution in [-0.4, -0.2) is 44.0 Å². The van der Waals surface area contributed by atoms with Gasteiger partial charge in [0.1, 0.15) is 12.1 Å². The predicted molar refractivity (Wildman–Crippen MR) is 120 cm³/mol. The molecule has 29 heavy (non-hydrogen) atoms. The number of carbonyl (C=O) groups is 3. The van der Waals surface area contributed by atoms with Gasteiger partial charge in [-0.3, -0.25) is 14.4 Å². The van der Waals surface area contributed by atoms with E-state index in [1.807, 2.05) is 45.2 Å². The van der Waals surface area contributed by atoms with Gasteiger partial charge >= 0.3 is 5.97 Å². The predicted octanol–water partition coefficient (Wildman–Crippen LogP) is 3.34. The van der Waals surface area contributed by atoms with Gasteiger partial charge in [0, 0.05) is 23.8 Å². The normalized spacial score (nSPS) is 11.6. The molecule has 0 aliphatic carbocycles. The number of nitrogens with one attached hydrogen (secondary N) is 3. The topological polar surface area (TPSA) is 96.5 Å². The Morgan fingerprint density at radius 1 is 1.17 bits per heavy atom. The average molecular weight is 472 g/mol. The summed E-state index contributed by atoms with van der Waals surface area (Å²) in [6.07, 6.45) is 1.20. The first-order valence-corrected chi connectivity index (χ1v) is 10.4. The van der Waals surface area contributed by atoms with Crippen LogP contribution in [0.4, 0.5) is 5.69 Å². The lowest BCUT2D eigenvalue weighted by molar-refractivity contribution is -0.154.